The van der Waals surface area contributed by atoms with Crippen LogP contribution in [0.15, 0.2) is 104 Å². The van der Waals surface area contributed by atoms with Crippen LogP contribution in [0.5, 0.6) is 0 Å². The molecule has 4 aromatic heterocycles. The Bertz CT molecular complexity index is 2120. The Morgan fingerprint density at radius 3 is 2.13 bits per heavy atom. The second-order valence-electron chi connectivity index (χ2n) is 11.2. The van der Waals surface area contributed by atoms with Gasteiger partial charge in [0.1, 0.15) is 11.6 Å². The first-order valence-electron chi connectivity index (χ1n) is 14.8. The van der Waals surface area contributed by atoms with Crippen molar-refractivity contribution in [1.82, 2.24) is 19.4 Å². The van der Waals surface area contributed by atoms with E-state index in [-0.39, 0.29) is 22.9 Å². The van der Waals surface area contributed by atoms with Gasteiger partial charge in [-0.15, -0.1) is 0 Å². The van der Waals surface area contributed by atoms with Crippen LogP contribution < -0.4 is 11.3 Å². The monoisotopic (exact) mass is 606 g/mol. The van der Waals surface area contributed by atoms with Gasteiger partial charge in [0.2, 0.25) is 0 Å². The zero-order chi connectivity index (χ0) is 31.1. The van der Waals surface area contributed by atoms with Gasteiger partial charge in [-0.1, -0.05) is 37.5 Å². The van der Waals surface area contributed by atoms with Gasteiger partial charge in [0.15, 0.2) is 0 Å². The van der Waals surface area contributed by atoms with Crippen molar-refractivity contribution in [2.75, 3.05) is 0 Å². The molecule has 7 rings (SSSR count). The van der Waals surface area contributed by atoms with Gasteiger partial charge >= 0.3 is 11.3 Å². The van der Waals surface area contributed by atoms with E-state index in [0.717, 1.165) is 37.7 Å². The Hall–Kier alpha value is -5.38. The van der Waals surface area contributed by atoms with Crippen molar-refractivity contribution in [3.63, 3.8) is 0 Å². The van der Waals surface area contributed by atoms with Crippen LogP contribution in [-0.2, 0) is 7.05 Å². The Morgan fingerprint density at radius 1 is 0.711 bits per heavy atom. The van der Waals surface area contributed by atoms with Crippen LogP contribution >= 0.6 is 0 Å². The van der Waals surface area contributed by atoms with Gasteiger partial charge in [0.05, 0.1) is 34.3 Å². The quantitative estimate of drug-likeness (QED) is 0.193. The third-order valence-electron chi connectivity index (χ3n) is 8.38. The maximum absolute atomic E-state index is 15.5. The number of nitrogens with zero attached hydrogens (tertiary/aromatic N) is 4. The molecule has 226 valence electrons. The average molecular weight is 607 g/mol. The first kappa shape index (κ1) is 28.4. The number of rotatable bonds is 6. The lowest BCUT2D eigenvalue weighted by atomic mass is 9.94. The molecular weight excluding hydrogens is 578 g/mol. The summed E-state index contributed by atoms with van der Waals surface area (Å²) in [6, 6.07) is 17.0. The van der Waals surface area contributed by atoms with Gasteiger partial charge in [-0.2, -0.15) is 0 Å². The molecule has 10 heteroatoms. The number of pyridine rings is 2. The van der Waals surface area contributed by atoms with Gasteiger partial charge in [-0.3, -0.25) is 9.97 Å². The smallest absolute Gasteiger partial charge is 0.335 e. The molecule has 1 aliphatic rings. The van der Waals surface area contributed by atoms with Crippen molar-refractivity contribution < 1.29 is 17.8 Å². The highest BCUT2D eigenvalue weighted by Crippen LogP contribution is 2.39. The molecule has 0 saturated heterocycles. The van der Waals surface area contributed by atoms with Gasteiger partial charge in [0, 0.05) is 42.3 Å². The van der Waals surface area contributed by atoms with Gasteiger partial charge in [-0.25, -0.2) is 27.8 Å². The minimum Gasteiger partial charge on any atom is -0.335 e. The molecule has 4 heterocycles. The Morgan fingerprint density at radius 2 is 1.38 bits per heavy atom. The second-order valence-corrected chi connectivity index (χ2v) is 11.2. The van der Waals surface area contributed by atoms with Crippen LogP contribution in [-0.4, -0.2) is 19.4 Å². The summed E-state index contributed by atoms with van der Waals surface area (Å²) in [4.78, 5) is 34.9. The highest BCUT2D eigenvalue weighted by Gasteiger charge is 2.27. The number of hydrogen-bond acceptors (Lipinski definition) is 6. The summed E-state index contributed by atoms with van der Waals surface area (Å²) in [6.45, 7) is 0. The molecule has 0 radical (unpaired) electrons. The van der Waals surface area contributed by atoms with Gasteiger partial charge in [0.25, 0.3) is 0 Å². The zero-order valence-electron chi connectivity index (χ0n) is 24.4. The molecule has 0 aliphatic heterocycles. The average Bonchev–Trinajstić information content (AvgIpc) is 3.57. The lowest BCUT2D eigenvalue weighted by Crippen LogP contribution is -2.13. The summed E-state index contributed by atoms with van der Waals surface area (Å²) in [7, 11) is 1.59. The van der Waals surface area contributed by atoms with Crippen molar-refractivity contribution in [3.05, 3.63) is 118 Å². The fraction of sp³-hybridized carbons (Fsp3) is 0.200. The highest BCUT2D eigenvalue weighted by molar-refractivity contribution is 5.84. The van der Waals surface area contributed by atoms with Crippen LogP contribution in [0, 0.1) is 11.6 Å². The van der Waals surface area contributed by atoms with Crippen molar-refractivity contribution >= 4 is 0 Å². The summed E-state index contributed by atoms with van der Waals surface area (Å²) in [5.74, 6) is -0.970. The van der Waals surface area contributed by atoms with Crippen LogP contribution in [0.25, 0.3) is 56.0 Å². The Balaban J connectivity index is 1.36. The summed E-state index contributed by atoms with van der Waals surface area (Å²) in [6.07, 6.45) is 9.88. The third kappa shape index (κ3) is 5.22. The number of hydrogen-bond donors (Lipinski definition) is 0. The van der Waals surface area contributed by atoms with Crippen molar-refractivity contribution in [3.8, 4) is 56.0 Å². The van der Waals surface area contributed by atoms with E-state index in [9.17, 15) is 14.0 Å². The van der Waals surface area contributed by atoms with Crippen molar-refractivity contribution in [1.29, 1.82) is 0 Å². The first-order valence-corrected chi connectivity index (χ1v) is 14.8. The van der Waals surface area contributed by atoms with Gasteiger partial charge in [-0.05, 0) is 72.5 Å². The van der Waals surface area contributed by atoms with Crippen LogP contribution in [0.4, 0.5) is 8.78 Å². The maximum Gasteiger partial charge on any atom is 0.365 e. The highest BCUT2D eigenvalue weighted by atomic mass is 19.1. The summed E-state index contributed by atoms with van der Waals surface area (Å²) < 4.78 is 43.5. The molecule has 0 bridgehead atoms. The first-order chi connectivity index (χ1) is 21.9. The molecule has 0 unspecified atom stereocenters. The number of halogens is 2. The van der Waals surface area contributed by atoms with E-state index in [1.54, 1.807) is 48.4 Å². The molecule has 8 nitrogen and oxygen atoms in total. The molecule has 0 amide bonds. The van der Waals surface area contributed by atoms with Crippen LogP contribution in [0.3, 0.4) is 0 Å². The van der Waals surface area contributed by atoms with E-state index in [4.69, 9.17) is 9.05 Å². The molecule has 45 heavy (non-hydrogen) atoms. The fourth-order valence-corrected chi connectivity index (χ4v) is 6.27. The van der Waals surface area contributed by atoms with Crippen LogP contribution in [0.1, 0.15) is 38.1 Å². The summed E-state index contributed by atoms with van der Waals surface area (Å²) >= 11 is 0. The predicted octanol–water partition coefficient (Wildman–Crippen LogP) is 7.64. The summed E-state index contributed by atoms with van der Waals surface area (Å²) in [5, 5.41) is 0. The lowest BCUT2D eigenvalue weighted by molar-refractivity contribution is 0.174. The van der Waals surface area contributed by atoms with E-state index in [1.165, 1.54) is 41.3 Å². The number of aromatic nitrogens is 4. The second kappa shape index (κ2) is 11.6. The standard InChI is InChI=1S/C35H28F2N4O4/c1-40-32(30(34(42)44-40)21-7-10-25(36)11-8-21)24-15-18-39-29(20-24)27-19-23(9-12-28(27)37)31-33(22-13-16-38-17-14-22)41(45-35(31)43)26-5-3-2-4-6-26/h7-20,26H,2-6H2,1H3. The normalized spacial score (nSPS) is 13.8. The van der Waals surface area contributed by atoms with Crippen LogP contribution in [0.2, 0.25) is 0 Å². The van der Waals surface area contributed by atoms with Crippen molar-refractivity contribution in [2.45, 2.75) is 38.1 Å². The van der Waals surface area contributed by atoms with E-state index in [1.807, 2.05) is 12.1 Å². The minimum atomic E-state index is -0.594. The SMILES string of the molecule is Cn1oc(=O)c(-c2ccc(F)cc2)c1-c1ccnc(-c2cc(-c3c(-c4ccncc4)n(C4CCCCC4)oc3=O)ccc2F)c1. The third-order valence-corrected chi connectivity index (χ3v) is 8.38. The molecule has 1 aliphatic carbocycles. The van der Waals surface area contributed by atoms with E-state index in [0.29, 0.717) is 33.6 Å². The van der Waals surface area contributed by atoms with E-state index >= 15 is 4.39 Å². The fourth-order valence-electron chi connectivity index (χ4n) is 6.27. The molecular formula is C35H28F2N4O4. The minimum absolute atomic E-state index is 0.0403. The molecule has 0 spiro atoms. The largest absolute Gasteiger partial charge is 0.365 e. The van der Waals surface area contributed by atoms with Gasteiger partial charge < -0.3 is 9.05 Å². The maximum atomic E-state index is 15.5. The Labute approximate surface area is 256 Å². The Kier molecular flexibility index (Phi) is 7.32. The number of benzene rings is 2. The van der Waals surface area contributed by atoms with E-state index < -0.39 is 22.9 Å². The molecule has 2 aromatic carbocycles. The molecule has 0 N–H and O–H groups in total. The summed E-state index contributed by atoms with van der Waals surface area (Å²) in [5.41, 5.74) is 3.25. The topological polar surface area (TPSA) is 96.1 Å². The molecule has 0 atom stereocenters. The molecule has 1 fully saturated rings. The van der Waals surface area contributed by atoms with Crippen molar-refractivity contribution in [2.24, 2.45) is 7.05 Å². The number of aryl methyl sites for hydroxylation is 1. The predicted molar refractivity (Wildman–Crippen MR) is 165 cm³/mol. The lowest BCUT2D eigenvalue weighted by Gasteiger charge is -2.23. The molecule has 6 aromatic rings. The zero-order valence-corrected chi connectivity index (χ0v) is 24.4. The van der Waals surface area contributed by atoms with E-state index in [2.05, 4.69) is 9.97 Å². The molecule has 1 saturated carbocycles.